The zero-order valence-corrected chi connectivity index (χ0v) is 12.2. The molecule has 0 aliphatic heterocycles. The molecule has 2 aromatic rings. The lowest BCUT2D eigenvalue weighted by atomic mass is 10.3. The molecular formula is C16H21N3O2. The van der Waals surface area contributed by atoms with Gasteiger partial charge in [-0.3, -0.25) is 0 Å². The minimum absolute atomic E-state index is 0.493. The van der Waals surface area contributed by atoms with Gasteiger partial charge in [0.15, 0.2) is 11.6 Å². The number of rotatable bonds is 8. The van der Waals surface area contributed by atoms with Crippen molar-refractivity contribution in [2.24, 2.45) is 5.73 Å². The Balaban J connectivity index is 2.10. The van der Waals surface area contributed by atoms with Crippen LogP contribution in [-0.4, -0.2) is 24.7 Å². The van der Waals surface area contributed by atoms with E-state index < -0.39 is 0 Å². The van der Waals surface area contributed by atoms with Crippen molar-refractivity contribution < 1.29 is 9.47 Å². The number of nitrogens with zero attached hydrogens (tertiary/aromatic N) is 1. The van der Waals surface area contributed by atoms with Crippen molar-refractivity contribution in [1.29, 1.82) is 0 Å². The zero-order chi connectivity index (χ0) is 14.9. The fourth-order valence-electron chi connectivity index (χ4n) is 1.79. The van der Waals surface area contributed by atoms with Crippen LogP contribution in [0.3, 0.4) is 0 Å². The first-order chi connectivity index (χ1) is 10.3. The van der Waals surface area contributed by atoms with Gasteiger partial charge >= 0.3 is 0 Å². The largest absolute Gasteiger partial charge is 0.492 e. The highest BCUT2D eigenvalue weighted by Gasteiger charge is 2.05. The minimum Gasteiger partial charge on any atom is -0.492 e. The summed E-state index contributed by atoms with van der Waals surface area (Å²) in [4.78, 5) is 4.32. The van der Waals surface area contributed by atoms with E-state index >= 15 is 0 Å². The molecule has 0 radical (unpaired) electrons. The Morgan fingerprint density at radius 3 is 2.86 bits per heavy atom. The van der Waals surface area contributed by atoms with Gasteiger partial charge in [0.25, 0.3) is 0 Å². The van der Waals surface area contributed by atoms with E-state index in [0.717, 1.165) is 23.6 Å². The predicted molar refractivity (Wildman–Crippen MR) is 84.3 cm³/mol. The van der Waals surface area contributed by atoms with Crippen LogP contribution in [0.15, 0.2) is 42.6 Å². The second-order valence-electron chi connectivity index (χ2n) is 4.49. The highest BCUT2D eigenvalue weighted by atomic mass is 16.5. The van der Waals surface area contributed by atoms with Gasteiger partial charge in [0.2, 0.25) is 0 Å². The molecule has 21 heavy (non-hydrogen) atoms. The minimum atomic E-state index is 0.493. The van der Waals surface area contributed by atoms with Crippen LogP contribution in [-0.2, 0) is 0 Å². The van der Waals surface area contributed by atoms with Gasteiger partial charge in [-0.15, -0.1) is 0 Å². The SMILES string of the molecule is CCCOc1cccnc1Nc1cccc(OCCN)c1. The van der Waals surface area contributed by atoms with E-state index in [2.05, 4.69) is 17.2 Å². The molecule has 0 amide bonds. The van der Waals surface area contributed by atoms with Crippen LogP contribution in [0.5, 0.6) is 11.5 Å². The van der Waals surface area contributed by atoms with E-state index in [-0.39, 0.29) is 0 Å². The number of anilines is 2. The summed E-state index contributed by atoms with van der Waals surface area (Å²) in [5.41, 5.74) is 6.33. The Kier molecular flexibility index (Phi) is 5.84. The summed E-state index contributed by atoms with van der Waals surface area (Å²) in [7, 11) is 0. The van der Waals surface area contributed by atoms with Gasteiger partial charge < -0.3 is 20.5 Å². The maximum atomic E-state index is 5.68. The molecule has 1 aromatic heterocycles. The van der Waals surface area contributed by atoms with Gasteiger partial charge in [0, 0.05) is 24.5 Å². The lowest BCUT2D eigenvalue weighted by Crippen LogP contribution is -2.10. The monoisotopic (exact) mass is 287 g/mol. The van der Waals surface area contributed by atoms with E-state index in [9.17, 15) is 0 Å². The Labute approximate surface area is 125 Å². The average Bonchev–Trinajstić information content (AvgIpc) is 2.52. The summed E-state index contributed by atoms with van der Waals surface area (Å²) in [5.74, 6) is 2.21. The zero-order valence-electron chi connectivity index (χ0n) is 12.2. The van der Waals surface area contributed by atoms with Crippen molar-refractivity contribution in [3.8, 4) is 11.5 Å². The number of nitrogens with two attached hydrogens (primary N) is 1. The van der Waals surface area contributed by atoms with Crippen LogP contribution in [0.4, 0.5) is 11.5 Å². The number of pyridine rings is 1. The maximum Gasteiger partial charge on any atom is 0.173 e. The van der Waals surface area contributed by atoms with Gasteiger partial charge in [-0.05, 0) is 30.7 Å². The molecule has 5 heteroatoms. The van der Waals surface area contributed by atoms with Gasteiger partial charge in [-0.1, -0.05) is 13.0 Å². The van der Waals surface area contributed by atoms with Gasteiger partial charge in [-0.2, -0.15) is 0 Å². The highest BCUT2D eigenvalue weighted by Crippen LogP contribution is 2.26. The second-order valence-corrected chi connectivity index (χ2v) is 4.49. The van der Waals surface area contributed by atoms with Crippen molar-refractivity contribution in [3.05, 3.63) is 42.6 Å². The molecule has 0 atom stereocenters. The highest BCUT2D eigenvalue weighted by molar-refractivity contribution is 5.63. The molecule has 0 aliphatic rings. The van der Waals surface area contributed by atoms with Crippen molar-refractivity contribution in [2.45, 2.75) is 13.3 Å². The number of hydrogen-bond acceptors (Lipinski definition) is 5. The van der Waals surface area contributed by atoms with Crippen molar-refractivity contribution in [1.82, 2.24) is 4.98 Å². The third-order valence-corrected chi connectivity index (χ3v) is 2.72. The molecule has 0 bridgehead atoms. The molecule has 0 spiro atoms. The fraction of sp³-hybridized carbons (Fsp3) is 0.312. The van der Waals surface area contributed by atoms with Crippen molar-refractivity contribution in [3.63, 3.8) is 0 Å². The van der Waals surface area contributed by atoms with Crippen LogP contribution in [0.25, 0.3) is 0 Å². The van der Waals surface area contributed by atoms with Crippen LogP contribution >= 0.6 is 0 Å². The van der Waals surface area contributed by atoms with Crippen LogP contribution in [0, 0.1) is 0 Å². The van der Waals surface area contributed by atoms with E-state index in [1.807, 2.05) is 36.4 Å². The maximum absolute atomic E-state index is 5.68. The first kappa shape index (κ1) is 15.1. The summed E-state index contributed by atoms with van der Waals surface area (Å²) < 4.78 is 11.2. The molecule has 0 aliphatic carbocycles. The van der Waals surface area contributed by atoms with Gasteiger partial charge in [0.05, 0.1) is 6.61 Å². The summed E-state index contributed by atoms with van der Waals surface area (Å²) in [6, 6.07) is 11.4. The van der Waals surface area contributed by atoms with E-state index in [1.54, 1.807) is 6.20 Å². The fourth-order valence-corrected chi connectivity index (χ4v) is 1.79. The smallest absolute Gasteiger partial charge is 0.173 e. The Bertz CT molecular complexity index is 561. The van der Waals surface area contributed by atoms with Crippen LogP contribution < -0.4 is 20.5 Å². The van der Waals surface area contributed by atoms with E-state index in [4.69, 9.17) is 15.2 Å². The molecule has 1 heterocycles. The molecule has 0 unspecified atom stereocenters. The third kappa shape index (κ3) is 4.65. The standard InChI is InChI=1S/C16H21N3O2/c1-2-10-21-15-7-4-9-18-16(15)19-13-5-3-6-14(12-13)20-11-8-17/h3-7,9,12H,2,8,10-11,17H2,1H3,(H,18,19). The first-order valence-corrected chi connectivity index (χ1v) is 7.11. The van der Waals surface area contributed by atoms with Crippen molar-refractivity contribution in [2.75, 3.05) is 25.1 Å². The lowest BCUT2D eigenvalue weighted by Gasteiger charge is -2.12. The second kappa shape index (κ2) is 8.11. The Hall–Kier alpha value is -2.27. The molecule has 3 N–H and O–H groups in total. The first-order valence-electron chi connectivity index (χ1n) is 7.11. The molecule has 1 aromatic carbocycles. The number of benzene rings is 1. The summed E-state index contributed by atoms with van der Waals surface area (Å²) >= 11 is 0. The van der Waals surface area contributed by atoms with Gasteiger partial charge in [-0.25, -0.2) is 4.98 Å². The molecular weight excluding hydrogens is 266 g/mol. The molecule has 112 valence electrons. The van der Waals surface area contributed by atoms with E-state index in [0.29, 0.717) is 25.6 Å². The normalized spacial score (nSPS) is 10.2. The molecule has 2 rings (SSSR count). The van der Waals surface area contributed by atoms with Crippen LogP contribution in [0.2, 0.25) is 0 Å². The lowest BCUT2D eigenvalue weighted by molar-refractivity contribution is 0.318. The Morgan fingerprint density at radius 2 is 2.05 bits per heavy atom. The van der Waals surface area contributed by atoms with Gasteiger partial charge in [0.1, 0.15) is 12.4 Å². The molecule has 5 nitrogen and oxygen atoms in total. The number of ether oxygens (including phenoxy) is 2. The third-order valence-electron chi connectivity index (χ3n) is 2.72. The Morgan fingerprint density at radius 1 is 1.14 bits per heavy atom. The summed E-state index contributed by atoms with van der Waals surface area (Å²) in [5, 5.41) is 3.25. The topological polar surface area (TPSA) is 69.4 Å². The summed E-state index contributed by atoms with van der Waals surface area (Å²) in [6.07, 6.45) is 2.69. The quantitative estimate of drug-likeness (QED) is 0.781. The van der Waals surface area contributed by atoms with Crippen molar-refractivity contribution >= 4 is 11.5 Å². The number of nitrogens with one attached hydrogen (secondary N) is 1. The summed E-state index contributed by atoms with van der Waals surface area (Å²) in [6.45, 7) is 3.73. The molecule has 0 saturated carbocycles. The average molecular weight is 287 g/mol. The predicted octanol–water partition coefficient (Wildman–Crippen LogP) is 2.95. The molecule has 0 saturated heterocycles. The van der Waals surface area contributed by atoms with E-state index in [1.165, 1.54) is 0 Å². The number of hydrogen-bond donors (Lipinski definition) is 2. The molecule has 0 fully saturated rings. The number of aromatic nitrogens is 1. The van der Waals surface area contributed by atoms with Crippen LogP contribution in [0.1, 0.15) is 13.3 Å².